The van der Waals surface area contributed by atoms with E-state index in [1.54, 1.807) is 0 Å². The average Bonchev–Trinajstić information content (AvgIpc) is 3.48. The smallest absolute Gasteiger partial charge is 0.230 e. The highest BCUT2D eigenvalue weighted by Gasteiger charge is 2.51. The predicted octanol–water partition coefficient (Wildman–Crippen LogP) is 3.93. The Kier molecular flexibility index (Phi) is 4.76. The molecule has 2 aromatic carbocycles. The van der Waals surface area contributed by atoms with E-state index < -0.39 is 0 Å². The van der Waals surface area contributed by atoms with Gasteiger partial charge in [0, 0.05) is 30.7 Å². The Balaban J connectivity index is 1.35. The number of carbonyl (C=O) groups is 1. The predicted molar refractivity (Wildman–Crippen MR) is 105 cm³/mol. The molecular weight excluding hydrogens is 344 g/mol. The normalized spacial score (nSPS) is 19.5. The first kappa shape index (κ1) is 17.6. The zero-order valence-electron chi connectivity index (χ0n) is 15.2. The molecule has 1 amide bonds. The van der Waals surface area contributed by atoms with Crippen LogP contribution >= 0.6 is 11.6 Å². The molecule has 1 fully saturated rings. The molecule has 1 aliphatic heterocycles. The molecule has 1 heterocycles. The summed E-state index contributed by atoms with van der Waals surface area (Å²) in [5.74, 6) is 0.157. The summed E-state index contributed by atoms with van der Waals surface area (Å²) in [6, 6.07) is 16.7. The van der Waals surface area contributed by atoms with Gasteiger partial charge in [-0.15, -0.1) is 0 Å². The van der Waals surface area contributed by atoms with Crippen LogP contribution in [0.15, 0.2) is 48.5 Å². The van der Waals surface area contributed by atoms with Gasteiger partial charge in [0.1, 0.15) is 0 Å². The lowest BCUT2D eigenvalue weighted by molar-refractivity contribution is -0.123. The molecule has 4 rings (SSSR count). The maximum atomic E-state index is 12.8. The van der Waals surface area contributed by atoms with E-state index in [1.807, 2.05) is 24.3 Å². The van der Waals surface area contributed by atoms with Crippen LogP contribution in [0, 0.1) is 0 Å². The van der Waals surface area contributed by atoms with Crippen LogP contribution in [0.5, 0.6) is 0 Å². The number of halogens is 1. The van der Waals surface area contributed by atoms with E-state index in [4.69, 9.17) is 11.6 Å². The zero-order valence-corrected chi connectivity index (χ0v) is 15.9. The molecule has 0 spiro atoms. The molecule has 0 aromatic heterocycles. The fourth-order valence-corrected chi connectivity index (χ4v) is 4.10. The lowest BCUT2D eigenvalue weighted by Gasteiger charge is -2.34. The Morgan fingerprint density at radius 3 is 2.54 bits per heavy atom. The van der Waals surface area contributed by atoms with E-state index in [1.165, 1.54) is 11.1 Å². The number of nitrogens with one attached hydrogen (secondary N) is 1. The monoisotopic (exact) mass is 368 g/mol. The molecule has 136 valence electrons. The summed E-state index contributed by atoms with van der Waals surface area (Å²) < 4.78 is 0. The number of fused-ring (bicyclic) bond motifs is 1. The minimum absolute atomic E-state index is 0.157. The van der Waals surface area contributed by atoms with Crippen LogP contribution in [-0.2, 0) is 23.2 Å². The van der Waals surface area contributed by atoms with Crippen molar-refractivity contribution in [3.05, 3.63) is 70.2 Å². The quantitative estimate of drug-likeness (QED) is 0.867. The van der Waals surface area contributed by atoms with Gasteiger partial charge in [0.25, 0.3) is 0 Å². The SMILES string of the molecule is CC(CNC(=O)C1(c2ccc(Cl)cc2)CC1)N1CCc2ccccc2C1. The van der Waals surface area contributed by atoms with Crippen LogP contribution in [0.2, 0.25) is 5.02 Å². The van der Waals surface area contributed by atoms with Crippen molar-refractivity contribution < 1.29 is 4.79 Å². The van der Waals surface area contributed by atoms with Gasteiger partial charge in [0.2, 0.25) is 5.91 Å². The van der Waals surface area contributed by atoms with Crippen molar-refractivity contribution in [2.75, 3.05) is 13.1 Å². The second-order valence-electron chi connectivity index (χ2n) is 7.64. The minimum Gasteiger partial charge on any atom is -0.354 e. The standard InChI is InChI=1S/C22H25ClN2O/c1-16(25-13-10-17-4-2-3-5-18(17)15-25)14-24-21(26)22(11-12-22)19-6-8-20(23)9-7-19/h2-9,16H,10-15H2,1H3,(H,24,26). The molecule has 1 N–H and O–H groups in total. The number of hydrogen-bond donors (Lipinski definition) is 1. The molecule has 1 saturated carbocycles. The number of carbonyl (C=O) groups excluding carboxylic acids is 1. The van der Waals surface area contributed by atoms with E-state index >= 15 is 0 Å². The van der Waals surface area contributed by atoms with E-state index in [-0.39, 0.29) is 11.3 Å². The summed E-state index contributed by atoms with van der Waals surface area (Å²) in [6.45, 7) is 4.92. The van der Waals surface area contributed by atoms with Crippen LogP contribution in [0.25, 0.3) is 0 Å². The van der Waals surface area contributed by atoms with Gasteiger partial charge in [-0.25, -0.2) is 0 Å². The molecule has 3 nitrogen and oxygen atoms in total. The van der Waals surface area contributed by atoms with Crippen molar-refractivity contribution in [1.29, 1.82) is 0 Å². The van der Waals surface area contributed by atoms with E-state index in [0.29, 0.717) is 17.6 Å². The summed E-state index contributed by atoms with van der Waals surface area (Å²) in [5.41, 5.74) is 3.62. The topological polar surface area (TPSA) is 32.3 Å². The fourth-order valence-electron chi connectivity index (χ4n) is 3.97. The van der Waals surface area contributed by atoms with Gasteiger partial charge in [-0.05, 0) is 55.0 Å². The maximum absolute atomic E-state index is 12.8. The van der Waals surface area contributed by atoms with Gasteiger partial charge >= 0.3 is 0 Å². The van der Waals surface area contributed by atoms with Gasteiger partial charge in [-0.3, -0.25) is 9.69 Å². The molecule has 0 radical (unpaired) electrons. The summed E-state index contributed by atoms with van der Waals surface area (Å²) in [7, 11) is 0. The highest BCUT2D eigenvalue weighted by molar-refractivity contribution is 6.30. The molecule has 1 atom stereocenters. The molecule has 26 heavy (non-hydrogen) atoms. The van der Waals surface area contributed by atoms with Crippen molar-refractivity contribution in [2.24, 2.45) is 0 Å². The molecule has 4 heteroatoms. The summed E-state index contributed by atoms with van der Waals surface area (Å²) in [4.78, 5) is 15.3. The van der Waals surface area contributed by atoms with E-state index in [0.717, 1.165) is 37.9 Å². The second kappa shape index (κ2) is 7.05. The van der Waals surface area contributed by atoms with Crippen molar-refractivity contribution in [3.63, 3.8) is 0 Å². The first-order chi connectivity index (χ1) is 12.6. The Labute approximate surface area is 160 Å². The summed E-state index contributed by atoms with van der Waals surface area (Å²) in [6.07, 6.45) is 2.93. The van der Waals surface area contributed by atoms with Crippen LogP contribution in [0.3, 0.4) is 0 Å². The Morgan fingerprint density at radius 2 is 1.85 bits per heavy atom. The Morgan fingerprint density at radius 1 is 1.15 bits per heavy atom. The van der Waals surface area contributed by atoms with Crippen molar-refractivity contribution in [3.8, 4) is 0 Å². The third-order valence-corrected chi connectivity index (χ3v) is 6.17. The molecule has 1 aliphatic carbocycles. The number of amides is 1. The first-order valence-electron chi connectivity index (χ1n) is 9.44. The summed E-state index contributed by atoms with van der Waals surface area (Å²) >= 11 is 5.98. The maximum Gasteiger partial charge on any atom is 0.230 e. The van der Waals surface area contributed by atoms with Crippen molar-refractivity contribution >= 4 is 17.5 Å². The van der Waals surface area contributed by atoms with Crippen LogP contribution in [0.4, 0.5) is 0 Å². The van der Waals surface area contributed by atoms with Gasteiger partial charge in [-0.2, -0.15) is 0 Å². The number of hydrogen-bond acceptors (Lipinski definition) is 2. The van der Waals surface area contributed by atoms with Crippen LogP contribution < -0.4 is 5.32 Å². The largest absolute Gasteiger partial charge is 0.354 e. The Hall–Kier alpha value is -1.84. The number of nitrogens with zero attached hydrogens (tertiary/aromatic N) is 1. The second-order valence-corrected chi connectivity index (χ2v) is 8.07. The lowest BCUT2D eigenvalue weighted by Crippen LogP contribution is -2.46. The van der Waals surface area contributed by atoms with E-state index in [2.05, 4.69) is 41.4 Å². The first-order valence-corrected chi connectivity index (χ1v) is 9.81. The van der Waals surface area contributed by atoms with Crippen molar-refractivity contribution in [1.82, 2.24) is 10.2 Å². The van der Waals surface area contributed by atoms with Crippen LogP contribution in [0.1, 0.15) is 36.5 Å². The van der Waals surface area contributed by atoms with Gasteiger partial charge in [0.05, 0.1) is 5.41 Å². The highest BCUT2D eigenvalue weighted by atomic mass is 35.5. The number of benzene rings is 2. The number of rotatable bonds is 5. The van der Waals surface area contributed by atoms with Gasteiger partial charge in [-0.1, -0.05) is 48.0 Å². The van der Waals surface area contributed by atoms with Gasteiger partial charge < -0.3 is 5.32 Å². The highest BCUT2D eigenvalue weighted by Crippen LogP contribution is 2.48. The fraction of sp³-hybridized carbons (Fsp3) is 0.409. The van der Waals surface area contributed by atoms with Crippen LogP contribution in [-0.4, -0.2) is 29.9 Å². The zero-order chi connectivity index (χ0) is 18.1. The summed E-state index contributed by atoms with van der Waals surface area (Å²) in [5, 5.41) is 3.92. The lowest BCUT2D eigenvalue weighted by atomic mass is 9.95. The molecule has 2 aromatic rings. The van der Waals surface area contributed by atoms with E-state index in [9.17, 15) is 4.79 Å². The minimum atomic E-state index is -0.335. The molecule has 0 saturated heterocycles. The Bertz CT molecular complexity index is 798. The third-order valence-electron chi connectivity index (χ3n) is 5.92. The van der Waals surface area contributed by atoms with Gasteiger partial charge in [0.15, 0.2) is 0 Å². The molecule has 2 aliphatic rings. The molecular formula is C22H25ClN2O. The average molecular weight is 369 g/mol. The third kappa shape index (κ3) is 3.38. The molecule has 1 unspecified atom stereocenters. The molecule has 0 bridgehead atoms. The van der Waals surface area contributed by atoms with Crippen molar-refractivity contribution in [2.45, 2.75) is 44.2 Å².